The van der Waals surface area contributed by atoms with E-state index in [-0.39, 0.29) is 43.1 Å². The van der Waals surface area contributed by atoms with Crippen LogP contribution in [-0.4, -0.2) is 82.8 Å². The molecule has 53 heavy (non-hydrogen) atoms. The summed E-state index contributed by atoms with van der Waals surface area (Å²) in [6.45, 7) is 4.03. The fourth-order valence-electron chi connectivity index (χ4n) is 8.32. The van der Waals surface area contributed by atoms with Crippen LogP contribution in [0.15, 0.2) is 72.3 Å². The lowest BCUT2D eigenvalue weighted by atomic mass is 9.64. The number of carbonyl (C=O) groups is 1. The third-order valence-electron chi connectivity index (χ3n) is 11.4. The average molecular weight is 740 g/mol. The van der Waals surface area contributed by atoms with Crippen LogP contribution in [0.5, 0.6) is 11.5 Å². The normalized spacial score (nSPS) is 24.3. The molecule has 0 spiro atoms. The van der Waals surface area contributed by atoms with Crippen LogP contribution < -0.4 is 9.47 Å². The Morgan fingerprint density at radius 3 is 2.51 bits per heavy atom. The Hall–Kier alpha value is -3.74. The highest BCUT2D eigenvalue weighted by Gasteiger charge is 2.57. The first-order valence-corrected chi connectivity index (χ1v) is 18.2. The molecule has 11 heteroatoms. The topological polar surface area (TPSA) is 120 Å². The lowest BCUT2D eigenvalue weighted by molar-refractivity contribution is -0.137. The van der Waals surface area contributed by atoms with Gasteiger partial charge < -0.3 is 29.9 Å². The van der Waals surface area contributed by atoms with E-state index < -0.39 is 47.4 Å². The summed E-state index contributed by atoms with van der Waals surface area (Å²) in [5, 5.41) is 44.3. The van der Waals surface area contributed by atoms with Gasteiger partial charge in [-0.15, -0.1) is 0 Å². The third kappa shape index (κ3) is 9.15. The standard InChI is InChI=1S/C42H52F3NO7/c1-27-7-6-17-40(2)37(16-18-41(40,51)26-46(24-33(49)25-47)23-30-12-14-34(52-3)22-38(30)53-4)35-15-11-28(19-32(48)13-10-27)20-36(35)39(50)29-8-5-9-31(21-29)42(43,44)45/h5,7-9,11-12,14-15,20-22,32-33,37,47-49,51H,6,10,13,16-19,23-26H2,1-4H3. The number of hydrogen-bond donors (Lipinski definition) is 4. The molecule has 0 aliphatic heterocycles. The lowest BCUT2D eigenvalue weighted by Gasteiger charge is -2.46. The first-order valence-electron chi connectivity index (χ1n) is 18.2. The molecular formula is C42H52F3NO7. The van der Waals surface area contributed by atoms with Gasteiger partial charge in [0.05, 0.1) is 44.2 Å². The number of aliphatic hydroxyl groups excluding tert-OH is 3. The third-order valence-corrected chi connectivity index (χ3v) is 11.4. The number of ketones is 1. The van der Waals surface area contributed by atoms with E-state index in [1.807, 2.05) is 36.9 Å². The van der Waals surface area contributed by atoms with Crippen LogP contribution in [0, 0.1) is 5.41 Å². The molecule has 5 atom stereocenters. The Labute approximate surface area is 309 Å². The van der Waals surface area contributed by atoms with Gasteiger partial charge in [-0.3, -0.25) is 9.69 Å². The Morgan fingerprint density at radius 1 is 1.04 bits per heavy atom. The van der Waals surface area contributed by atoms with Crippen molar-refractivity contribution < 1.29 is 47.9 Å². The van der Waals surface area contributed by atoms with Gasteiger partial charge in [0, 0.05) is 47.8 Å². The van der Waals surface area contributed by atoms with Crippen molar-refractivity contribution >= 4 is 5.78 Å². The number of rotatable bonds is 11. The predicted octanol–water partition coefficient (Wildman–Crippen LogP) is 6.85. The van der Waals surface area contributed by atoms with Gasteiger partial charge in [-0.1, -0.05) is 48.9 Å². The smallest absolute Gasteiger partial charge is 0.416 e. The molecule has 0 radical (unpaired) electrons. The fraction of sp³-hybridized carbons (Fsp3) is 0.500. The van der Waals surface area contributed by atoms with E-state index in [1.165, 1.54) is 12.1 Å². The fourth-order valence-corrected chi connectivity index (χ4v) is 8.32. The van der Waals surface area contributed by atoms with Gasteiger partial charge >= 0.3 is 6.18 Å². The van der Waals surface area contributed by atoms with E-state index in [9.17, 15) is 38.4 Å². The van der Waals surface area contributed by atoms with Crippen LogP contribution >= 0.6 is 0 Å². The molecule has 0 heterocycles. The van der Waals surface area contributed by atoms with Crippen molar-refractivity contribution in [3.63, 3.8) is 0 Å². The number of aliphatic hydroxyl groups is 4. The van der Waals surface area contributed by atoms with Crippen molar-refractivity contribution in [2.24, 2.45) is 5.41 Å². The highest BCUT2D eigenvalue weighted by atomic mass is 19.4. The van der Waals surface area contributed by atoms with Crippen LogP contribution in [0.4, 0.5) is 13.2 Å². The number of halogens is 3. The SMILES string of the molecule is COc1ccc(CN(CC(O)CO)CC2(O)CCC3c4ccc(cc4C(=O)c4cccc(C(F)(F)F)c4)CC(O)CCC(C)=CCCC32C)c(OC)c1. The minimum atomic E-state index is -4.63. The maximum atomic E-state index is 14.3. The molecule has 0 saturated heterocycles. The van der Waals surface area contributed by atoms with E-state index in [0.29, 0.717) is 61.2 Å². The zero-order valence-corrected chi connectivity index (χ0v) is 31.0. The Kier molecular flexibility index (Phi) is 12.8. The van der Waals surface area contributed by atoms with Crippen LogP contribution in [0.2, 0.25) is 0 Å². The molecule has 288 valence electrons. The van der Waals surface area contributed by atoms with Gasteiger partial charge in [-0.2, -0.15) is 13.2 Å². The van der Waals surface area contributed by atoms with E-state index in [1.54, 1.807) is 32.4 Å². The second-order valence-electron chi connectivity index (χ2n) is 15.0. The summed E-state index contributed by atoms with van der Waals surface area (Å²) in [6, 6.07) is 15.3. The number of alkyl halides is 3. The van der Waals surface area contributed by atoms with E-state index >= 15 is 0 Å². The first-order chi connectivity index (χ1) is 25.1. The summed E-state index contributed by atoms with van der Waals surface area (Å²) in [7, 11) is 3.11. The van der Waals surface area contributed by atoms with Gasteiger partial charge in [0.2, 0.25) is 0 Å². The van der Waals surface area contributed by atoms with E-state index in [4.69, 9.17) is 9.47 Å². The zero-order valence-electron chi connectivity index (χ0n) is 31.0. The molecule has 2 bridgehead atoms. The number of carbonyl (C=O) groups excluding carboxylic acids is 1. The summed E-state index contributed by atoms with van der Waals surface area (Å²) in [6.07, 6.45) is -0.841. The van der Waals surface area contributed by atoms with Crippen LogP contribution in [0.1, 0.15) is 96.5 Å². The Bertz CT molecular complexity index is 1780. The second kappa shape index (κ2) is 16.7. The first kappa shape index (κ1) is 40.4. The maximum Gasteiger partial charge on any atom is 0.416 e. The highest BCUT2D eigenvalue weighted by molar-refractivity contribution is 6.10. The average Bonchev–Trinajstić information content (AvgIpc) is 3.38. The minimum absolute atomic E-state index is 0.0596. The van der Waals surface area contributed by atoms with Gasteiger partial charge in [-0.25, -0.2) is 0 Å². The van der Waals surface area contributed by atoms with E-state index in [0.717, 1.165) is 23.3 Å². The summed E-state index contributed by atoms with van der Waals surface area (Å²) in [4.78, 5) is 16.2. The molecule has 3 aliphatic rings. The van der Waals surface area contributed by atoms with Gasteiger partial charge in [-0.05, 0) is 93.2 Å². The Morgan fingerprint density at radius 2 is 1.81 bits per heavy atom. The van der Waals surface area contributed by atoms with Crippen molar-refractivity contribution in [1.82, 2.24) is 4.90 Å². The molecular weight excluding hydrogens is 687 g/mol. The number of methoxy groups -OCH3 is 2. The number of hydrogen-bond acceptors (Lipinski definition) is 8. The molecule has 0 aromatic heterocycles. The second-order valence-corrected chi connectivity index (χ2v) is 15.0. The van der Waals surface area contributed by atoms with Crippen LogP contribution in [-0.2, 0) is 19.1 Å². The number of ether oxygens (including phenoxy) is 2. The Balaban J connectivity index is 1.60. The van der Waals surface area contributed by atoms with Crippen molar-refractivity contribution in [2.45, 2.75) is 95.2 Å². The largest absolute Gasteiger partial charge is 0.497 e. The molecule has 6 rings (SSSR count). The van der Waals surface area contributed by atoms with Gasteiger partial charge in [0.15, 0.2) is 5.78 Å². The minimum Gasteiger partial charge on any atom is -0.497 e. The van der Waals surface area contributed by atoms with Crippen molar-refractivity contribution in [2.75, 3.05) is 33.9 Å². The quantitative estimate of drug-likeness (QED) is 0.125. The van der Waals surface area contributed by atoms with Crippen LogP contribution in [0.25, 0.3) is 0 Å². The molecule has 3 aliphatic carbocycles. The van der Waals surface area contributed by atoms with Gasteiger partial charge in [0.25, 0.3) is 0 Å². The molecule has 1 saturated carbocycles. The maximum absolute atomic E-state index is 14.3. The summed E-state index contributed by atoms with van der Waals surface area (Å²) < 4.78 is 52.3. The monoisotopic (exact) mass is 739 g/mol. The van der Waals surface area contributed by atoms with Crippen LogP contribution in [0.3, 0.4) is 0 Å². The number of fused-ring (bicyclic) bond motifs is 8. The van der Waals surface area contributed by atoms with Crippen molar-refractivity contribution in [3.05, 3.63) is 106 Å². The molecule has 5 unspecified atom stereocenters. The summed E-state index contributed by atoms with van der Waals surface area (Å²) >= 11 is 0. The molecule has 8 nitrogen and oxygen atoms in total. The molecule has 3 aromatic carbocycles. The van der Waals surface area contributed by atoms with Crippen molar-refractivity contribution in [1.29, 1.82) is 0 Å². The number of benzene rings is 3. The summed E-state index contributed by atoms with van der Waals surface area (Å²) in [5.41, 5.74) is 0.304. The molecule has 3 aromatic rings. The molecule has 0 amide bonds. The van der Waals surface area contributed by atoms with Crippen molar-refractivity contribution in [3.8, 4) is 11.5 Å². The zero-order chi connectivity index (χ0) is 38.6. The van der Waals surface area contributed by atoms with E-state index in [2.05, 4.69) is 6.08 Å². The van der Waals surface area contributed by atoms with Gasteiger partial charge in [0.1, 0.15) is 11.5 Å². The highest BCUT2D eigenvalue weighted by Crippen LogP contribution is 2.59. The molecule has 1 fully saturated rings. The number of allylic oxidation sites excluding steroid dienone is 2. The predicted molar refractivity (Wildman–Crippen MR) is 196 cm³/mol. The number of nitrogens with zero attached hydrogens (tertiary/aromatic N) is 1. The lowest BCUT2D eigenvalue weighted by Crippen LogP contribution is -2.53. The molecule has 4 N–H and O–H groups in total. The summed E-state index contributed by atoms with van der Waals surface area (Å²) in [5.74, 6) is 0.253.